The SMILES string of the molecule is O=C(c1cc2n(n1)[C@@H](C(F)(F)F)C[C@@H](c1ccc(Cl)cc1)N2)N1N=C(C(F)F)C[C@@]1(O)C(F)F. The third-order valence-electron chi connectivity index (χ3n) is 5.51. The Hall–Kier alpha value is -2.87. The lowest BCUT2D eigenvalue weighted by atomic mass is 9.97. The zero-order valence-corrected chi connectivity index (χ0v) is 17.5. The molecule has 3 atom stereocenters. The molecule has 0 unspecified atom stereocenters. The maximum Gasteiger partial charge on any atom is 0.410 e. The van der Waals surface area contributed by atoms with Gasteiger partial charge in [0.15, 0.2) is 11.7 Å². The summed E-state index contributed by atoms with van der Waals surface area (Å²) in [6.45, 7) is 0. The molecule has 7 nitrogen and oxygen atoms in total. The van der Waals surface area contributed by atoms with E-state index in [2.05, 4.69) is 15.5 Å². The van der Waals surface area contributed by atoms with E-state index in [9.17, 15) is 40.6 Å². The molecule has 0 saturated carbocycles. The molecule has 2 aliphatic heterocycles. The summed E-state index contributed by atoms with van der Waals surface area (Å²) in [5.74, 6) is -1.83. The highest BCUT2D eigenvalue weighted by atomic mass is 35.5. The smallest absolute Gasteiger partial charge is 0.364 e. The van der Waals surface area contributed by atoms with E-state index < -0.39 is 67.0 Å². The lowest BCUT2D eigenvalue weighted by Crippen LogP contribution is -2.51. The van der Waals surface area contributed by atoms with E-state index in [1.807, 2.05) is 0 Å². The van der Waals surface area contributed by atoms with Gasteiger partial charge in [0.25, 0.3) is 18.8 Å². The van der Waals surface area contributed by atoms with Crippen molar-refractivity contribution < 1.29 is 40.6 Å². The van der Waals surface area contributed by atoms with Crippen LogP contribution < -0.4 is 5.32 Å². The summed E-state index contributed by atoms with van der Waals surface area (Å²) in [6, 6.07) is 3.78. The first-order valence-electron chi connectivity index (χ1n) is 9.70. The fourth-order valence-corrected chi connectivity index (χ4v) is 3.93. The number of anilines is 1. The van der Waals surface area contributed by atoms with E-state index >= 15 is 0 Å². The molecule has 0 spiro atoms. The lowest BCUT2D eigenvalue weighted by molar-refractivity contribution is -0.174. The van der Waals surface area contributed by atoms with Crippen LogP contribution in [0.2, 0.25) is 5.02 Å². The fourth-order valence-electron chi connectivity index (χ4n) is 3.80. The molecule has 15 heteroatoms. The van der Waals surface area contributed by atoms with Crippen molar-refractivity contribution in [2.45, 2.75) is 49.7 Å². The first kappa shape index (κ1) is 24.3. The number of hydrogen-bond acceptors (Lipinski definition) is 5. The Morgan fingerprint density at radius 3 is 2.41 bits per heavy atom. The van der Waals surface area contributed by atoms with Crippen molar-refractivity contribution in [3.05, 3.63) is 46.6 Å². The number of aromatic nitrogens is 2. The van der Waals surface area contributed by atoms with Crippen LogP contribution in [0.25, 0.3) is 0 Å². The molecule has 2 N–H and O–H groups in total. The number of nitrogens with one attached hydrogen (secondary N) is 1. The summed E-state index contributed by atoms with van der Waals surface area (Å²) in [5.41, 5.74) is -4.91. The minimum atomic E-state index is -4.80. The number of fused-ring (bicyclic) bond motifs is 1. The van der Waals surface area contributed by atoms with Crippen LogP contribution in [0.5, 0.6) is 0 Å². The zero-order chi connectivity index (χ0) is 25.0. The van der Waals surface area contributed by atoms with Gasteiger partial charge in [-0.15, -0.1) is 0 Å². The number of hydrazone groups is 1. The van der Waals surface area contributed by atoms with Crippen LogP contribution in [0.4, 0.5) is 36.6 Å². The minimum Gasteiger partial charge on any atom is -0.364 e. The summed E-state index contributed by atoms with van der Waals surface area (Å²) in [6.07, 6.45) is -13.7. The summed E-state index contributed by atoms with van der Waals surface area (Å²) in [7, 11) is 0. The molecule has 3 heterocycles. The lowest BCUT2D eigenvalue weighted by Gasteiger charge is -2.33. The average molecular weight is 514 g/mol. The van der Waals surface area contributed by atoms with Crippen LogP contribution in [-0.4, -0.2) is 56.3 Å². The predicted molar refractivity (Wildman–Crippen MR) is 105 cm³/mol. The minimum absolute atomic E-state index is 0.257. The van der Waals surface area contributed by atoms with Gasteiger partial charge in [-0.25, -0.2) is 22.2 Å². The second-order valence-electron chi connectivity index (χ2n) is 7.77. The molecule has 0 saturated heterocycles. The number of amides is 1. The molecule has 184 valence electrons. The molecule has 1 aromatic carbocycles. The molecule has 0 radical (unpaired) electrons. The van der Waals surface area contributed by atoms with Crippen molar-refractivity contribution in [1.29, 1.82) is 0 Å². The highest BCUT2D eigenvalue weighted by Gasteiger charge is 2.54. The first-order chi connectivity index (χ1) is 15.8. The van der Waals surface area contributed by atoms with Crippen molar-refractivity contribution in [3.63, 3.8) is 0 Å². The maximum absolute atomic E-state index is 13.8. The van der Waals surface area contributed by atoms with Crippen LogP contribution in [-0.2, 0) is 0 Å². The molecular formula is C19H15ClF7N5O2. The number of rotatable bonds is 4. The quantitative estimate of drug-likeness (QED) is 0.585. The van der Waals surface area contributed by atoms with Crippen molar-refractivity contribution >= 4 is 29.0 Å². The van der Waals surface area contributed by atoms with Gasteiger partial charge in [-0.2, -0.15) is 28.4 Å². The summed E-state index contributed by atoms with van der Waals surface area (Å²) in [4.78, 5) is 12.8. The average Bonchev–Trinajstić information content (AvgIpc) is 3.34. The van der Waals surface area contributed by atoms with Gasteiger partial charge in [0.05, 0.1) is 6.04 Å². The van der Waals surface area contributed by atoms with Crippen LogP contribution >= 0.6 is 11.6 Å². The Kier molecular flexibility index (Phi) is 6.00. The molecule has 0 aliphatic carbocycles. The number of halogens is 8. The van der Waals surface area contributed by atoms with Gasteiger partial charge < -0.3 is 10.4 Å². The molecular weight excluding hydrogens is 499 g/mol. The highest BCUT2D eigenvalue weighted by molar-refractivity contribution is 6.30. The summed E-state index contributed by atoms with van der Waals surface area (Å²) < 4.78 is 94.8. The van der Waals surface area contributed by atoms with E-state index in [4.69, 9.17) is 11.6 Å². The fraction of sp³-hybridized carbons (Fsp3) is 0.421. The first-order valence-corrected chi connectivity index (χ1v) is 10.1. The second-order valence-corrected chi connectivity index (χ2v) is 8.20. The molecule has 1 aromatic heterocycles. The van der Waals surface area contributed by atoms with Gasteiger partial charge in [-0.1, -0.05) is 23.7 Å². The van der Waals surface area contributed by atoms with Crippen molar-refractivity contribution in [1.82, 2.24) is 14.8 Å². The van der Waals surface area contributed by atoms with Crippen molar-refractivity contribution in [2.75, 3.05) is 5.32 Å². The Labute approximate surface area is 191 Å². The normalized spacial score (nSPS) is 24.9. The van der Waals surface area contributed by atoms with E-state index in [-0.39, 0.29) is 10.8 Å². The maximum atomic E-state index is 13.8. The number of carbonyl (C=O) groups is 1. The van der Waals surface area contributed by atoms with E-state index in [0.29, 0.717) is 15.3 Å². The number of hydrogen-bond donors (Lipinski definition) is 2. The van der Waals surface area contributed by atoms with Gasteiger partial charge >= 0.3 is 6.18 Å². The standard InChI is InChI=1S/C19H15ClF7N5O2/c20-9-3-1-8(2-4-9)10-5-13(19(25,26)27)31-14(28-10)6-11(29-31)16(33)32-18(34,17(23)24)7-12(30-32)15(21)22/h1-4,6,10,13,15,17,28,34H,5,7H2/t10-,13+,18+/m0/s1. The largest absolute Gasteiger partial charge is 0.410 e. The monoisotopic (exact) mass is 513 g/mol. The molecule has 1 amide bonds. The van der Waals surface area contributed by atoms with Crippen LogP contribution in [0.15, 0.2) is 35.4 Å². The van der Waals surface area contributed by atoms with Gasteiger partial charge in [-0.3, -0.25) is 4.79 Å². The molecule has 4 rings (SSSR count). The van der Waals surface area contributed by atoms with E-state index in [0.717, 1.165) is 6.07 Å². The highest BCUT2D eigenvalue weighted by Crippen LogP contribution is 2.44. The Morgan fingerprint density at radius 1 is 1.21 bits per heavy atom. The van der Waals surface area contributed by atoms with E-state index in [1.54, 1.807) is 0 Å². The Morgan fingerprint density at radius 2 is 1.85 bits per heavy atom. The van der Waals surface area contributed by atoms with E-state index in [1.165, 1.54) is 24.3 Å². The van der Waals surface area contributed by atoms with Crippen LogP contribution in [0, 0.1) is 0 Å². The molecule has 2 aliphatic rings. The molecule has 0 bridgehead atoms. The van der Waals surface area contributed by atoms with Crippen molar-refractivity contribution in [2.24, 2.45) is 5.10 Å². The molecule has 2 aromatic rings. The molecule has 0 fully saturated rings. The van der Waals surface area contributed by atoms with Crippen LogP contribution in [0.1, 0.15) is 41.0 Å². The Bertz CT molecular complexity index is 1120. The summed E-state index contributed by atoms with van der Waals surface area (Å²) in [5, 5.41) is 19.7. The van der Waals surface area contributed by atoms with Crippen LogP contribution in [0.3, 0.4) is 0 Å². The number of nitrogens with zero attached hydrogens (tertiary/aromatic N) is 4. The number of carbonyl (C=O) groups excluding carboxylic acids is 1. The second kappa shape index (κ2) is 8.41. The Balaban J connectivity index is 1.71. The zero-order valence-electron chi connectivity index (χ0n) is 16.8. The summed E-state index contributed by atoms with van der Waals surface area (Å²) >= 11 is 5.82. The third-order valence-corrected chi connectivity index (χ3v) is 5.76. The van der Waals surface area contributed by atoms with Gasteiger partial charge in [0.2, 0.25) is 5.72 Å². The van der Waals surface area contributed by atoms with Gasteiger partial charge in [-0.05, 0) is 17.7 Å². The number of alkyl halides is 7. The van der Waals surface area contributed by atoms with Gasteiger partial charge in [0.1, 0.15) is 11.5 Å². The topological polar surface area (TPSA) is 82.8 Å². The number of aliphatic hydroxyl groups is 1. The predicted octanol–water partition coefficient (Wildman–Crippen LogP) is 4.62. The van der Waals surface area contributed by atoms with Crippen molar-refractivity contribution in [3.8, 4) is 0 Å². The number of benzene rings is 1. The molecule has 34 heavy (non-hydrogen) atoms. The third kappa shape index (κ3) is 4.19. The van der Waals surface area contributed by atoms with Gasteiger partial charge in [0, 0.05) is 23.9 Å².